The van der Waals surface area contributed by atoms with Crippen molar-refractivity contribution in [1.29, 1.82) is 0 Å². The van der Waals surface area contributed by atoms with Gasteiger partial charge in [0.25, 0.3) is 0 Å². The Labute approximate surface area is 141 Å². The highest BCUT2D eigenvalue weighted by Crippen LogP contribution is 2.22. The summed E-state index contributed by atoms with van der Waals surface area (Å²) in [5, 5.41) is 0.876. The third kappa shape index (κ3) is 3.33. The van der Waals surface area contributed by atoms with Crippen LogP contribution in [-0.4, -0.2) is 67.4 Å². The van der Waals surface area contributed by atoms with Crippen LogP contribution in [0.4, 0.5) is 5.82 Å². The smallest absolute Gasteiger partial charge is 0.242 e. The summed E-state index contributed by atoms with van der Waals surface area (Å²) in [5.74, 6) is 0.764. The molecular formula is C16H20N4O3S. The second-order valence-electron chi connectivity index (χ2n) is 6.13. The minimum absolute atomic E-state index is 0.0510. The van der Waals surface area contributed by atoms with Crippen molar-refractivity contribution in [2.45, 2.75) is 12.5 Å². The van der Waals surface area contributed by atoms with Crippen LogP contribution in [0.25, 0.3) is 10.9 Å². The van der Waals surface area contributed by atoms with Crippen LogP contribution in [0.2, 0.25) is 0 Å². The van der Waals surface area contributed by atoms with Crippen molar-refractivity contribution in [3.05, 3.63) is 30.6 Å². The van der Waals surface area contributed by atoms with E-state index in [0.29, 0.717) is 12.2 Å². The van der Waals surface area contributed by atoms with Gasteiger partial charge in [0.05, 0.1) is 23.6 Å². The van der Waals surface area contributed by atoms with Crippen molar-refractivity contribution in [2.75, 3.05) is 37.0 Å². The Morgan fingerprint density at radius 2 is 2.00 bits per heavy atom. The highest BCUT2D eigenvalue weighted by Gasteiger charge is 2.33. The van der Waals surface area contributed by atoms with Crippen LogP contribution in [0.5, 0.6) is 0 Å². The summed E-state index contributed by atoms with van der Waals surface area (Å²) in [7, 11) is 0.452. The predicted octanol–water partition coefficient (Wildman–Crippen LogP) is 0.712. The zero-order valence-corrected chi connectivity index (χ0v) is 14.5. The molecule has 1 aromatic heterocycles. The molecule has 2 aromatic rings. The SMILES string of the molecule is CN(CC(=O)N(C)C1CCS(=O)(=O)C1)c1ncnc2ccccc12. The third-order valence-electron chi connectivity index (χ3n) is 4.41. The van der Waals surface area contributed by atoms with Crippen molar-refractivity contribution in [3.8, 4) is 0 Å². The van der Waals surface area contributed by atoms with E-state index in [4.69, 9.17) is 0 Å². The number of carbonyl (C=O) groups excluding carboxylic acids is 1. The summed E-state index contributed by atoms with van der Waals surface area (Å²) in [6.45, 7) is 0.133. The van der Waals surface area contributed by atoms with E-state index in [-0.39, 0.29) is 30.0 Å². The number of benzene rings is 1. The van der Waals surface area contributed by atoms with Crippen LogP contribution in [0.1, 0.15) is 6.42 Å². The second kappa shape index (κ2) is 6.35. The summed E-state index contributed by atoms with van der Waals surface area (Å²) < 4.78 is 23.2. The van der Waals surface area contributed by atoms with Crippen LogP contribution in [0.15, 0.2) is 30.6 Å². The van der Waals surface area contributed by atoms with Crippen molar-refractivity contribution in [1.82, 2.24) is 14.9 Å². The van der Waals surface area contributed by atoms with Crippen LogP contribution in [0.3, 0.4) is 0 Å². The molecule has 1 fully saturated rings. The van der Waals surface area contributed by atoms with Crippen molar-refractivity contribution < 1.29 is 13.2 Å². The molecule has 1 unspecified atom stereocenters. The van der Waals surface area contributed by atoms with Gasteiger partial charge in [0.1, 0.15) is 12.1 Å². The number of hydrogen-bond acceptors (Lipinski definition) is 6. The summed E-state index contributed by atoms with van der Waals surface area (Å²) in [5.41, 5.74) is 0.817. The summed E-state index contributed by atoms with van der Waals surface area (Å²) in [6.07, 6.45) is 1.98. The molecular weight excluding hydrogens is 328 g/mol. The lowest BCUT2D eigenvalue weighted by atomic mass is 10.2. The predicted molar refractivity (Wildman–Crippen MR) is 92.6 cm³/mol. The van der Waals surface area contributed by atoms with Crippen molar-refractivity contribution in [3.63, 3.8) is 0 Å². The lowest BCUT2D eigenvalue weighted by Crippen LogP contribution is -2.43. The lowest BCUT2D eigenvalue weighted by molar-refractivity contribution is -0.130. The van der Waals surface area contributed by atoms with Gasteiger partial charge in [-0.2, -0.15) is 0 Å². The quantitative estimate of drug-likeness (QED) is 0.809. The van der Waals surface area contributed by atoms with Gasteiger partial charge in [0.2, 0.25) is 5.91 Å². The zero-order chi connectivity index (χ0) is 17.3. The number of carbonyl (C=O) groups is 1. The molecule has 3 rings (SSSR count). The van der Waals surface area contributed by atoms with Gasteiger partial charge in [-0.15, -0.1) is 0 Å². The standard InChI is InChI=1S/C16H20N4O3S/c1-19(16-13-5-3-4-6-14(13)17-11-18-16)9-15(21)20(2)12-7-8-24(22,23)10-12/h3-6,11-12H,7-10H2,1-2H3. The Balaban J connectivity index is 1.74. The first-order valence-corrected chi connectivity index (χ1v) is 9.56. The number of sulfone groups is 1. The molecule has 128 valence electrons. The number of fused-ring (bicyclic) bond motifs is 1. The van der Waals surface area contributed by atoms with E-state index in [9.17, 15) is 13.2 Å². The Morgan fingerprint density at radius 1 is 1.25 bits per heavy atom. The maximum atomic E-state index is 12.5. The van der Waals surface area contributed by atoms with E-state index < -0.39 is 9.84 Å². The zero-order valence-electron chi connectivity index (χ0n) is 13.7. The molecule has 0 saturated carbocycles. The number of hydrogen-bond donors (Lipinski definition) is 0. The lowest BCUT2D eigenvalue weighted by Gasteiger charge is -2.27. The Hall–Kier alpha value is -2.22. The average molecular weight is 348 g/mol. The van der Waals surface area contributed by atoms with Crippen LogP contribution in [0, 0.1) is 0 Å². The summed E-state index contributed by atoms with van der Waals surface area (Å²) >= 11 is 0. The first-order chi connectivity index (χ1) is 11.4. The highest BCUT2D eigenvalue weighted by atomic mass is 32.2. The van der Waals surface area contributed by atoms with Gasteiger partial charge in [-0.25, -0.2) is 18.4 Å². The molecule has 7 nitrogen and oxygen atoms in total. The minimum Gasteiger partial charge on any atom is -0.350 e. The molecule has 0 bridgehead atoms. The van der Waals surface area contributed by atoms with Gasteiger partial charge in [0, 0.05) is 25.5 Å². The fraction of sp³-hybridized carbons (Fsp3) is 0.438. The monoisotopic (exact) mass is 348 g/mol. The molecule has 1 aliphatic heterocycles. The number of likely N-dealkylation sites (N-methyl/N-ethyl adjacent to an activating group) is 2. The third-order valence-corrected chi connectivity index (χ3v) is 6.16. The van der Waals surface area contributed by atoms with Gasteiger partial charge in [-0.3, -0.25) is 4.79 Å². The van der Waals surface area contributed by atoms with Crippen LogP contribution in [-0.2, 0) is 14.6 Å². The first kappa shape index (κ1) is 16.6. The topological polar surface area (TPSA) is 83.5 Å². The second-order valence-corrected chi connectivity index (χ2v) is 8.36. The summed E-state index contributed by atoms with van der Waals surface area (Å²) in [4.78, 5) is 24.3. The average Bonchev–Trinajstić information content (AvgIpc) is 2.93. The molecule has 2 heterocycles. The van der Waals surface area contributed by atoms with Gasteiger partial charge in [-0.1, -0.05) is 12.1 Å². The molecule has 0 spiro atoms. The Kier molecular flexibility index (Phi) is 4.40. The van der Waals surface area contributed by atoms with Crippen molar-refractivity contribution >= 4 is 32.5 Å². The molecule has 1 amide bonds. The van der Waals surface area contributed by atoms with E-state index >= 15 is 0 Å². The molecule has 24 heavy (non-hydrogen) atoms. The fourth-order valence-corrected chi connectivity index (χ4v) is 4.74. The fourth-order valence-electron chi connectivity index (χ4n) is 2.97. The van der Waals surface area contributed by atoms with Gasteiger partial charge in [0.15, 0.2) is 9.84 Å². The van der Waals surface area contributed by atoms with E-state index in [1.807, 2.05) is 24.3 Å². The molecule has 1 aliphatic rings. The van der Waals surface area contributed by atoms with Crippen LogP contribution < -0.4 is 4.90 Å². The molecule has 1 saturated heterocycles. The number of para-hydroxylation sites is 1. The van der Waals surface area contributed by atoms with E-state index in [1.54, 1.807) is 23.9 Å². The normalized spacial score (nSPS) is 19.3. The van der Waals surface area contributed by atoms with Gasteiger partial charge < -0.3 is 9.80 Å². The van der Waals surface area contributed by atoms with Crippen molar-refractivity contribution in [2.24, 2.45) is 0 Å². The maximum absolute atomic E-state index is 12.5. The van der Waals surface area contributed by atoms with E-state index in [1.165, 1.54) is 6.33 Å². The highest BCUT2D eigenvalue weighted by molar-refractivity contribution is 7.91. The number of aromatic nitrogens is 2. The minimum atomic E-state index is -3.01. The van der Waals surface area contributed by atoms with Crippen LogP contribution >= 0.6 is 0 Å². The Morgan fingerprint density at radius 3 is 2.71 bits per heavy atom. The molecule has 0 N–H and O–H groups in total. The molecule has 0 aliphatic carbocycles. The molecule has 0 radical (unpaired) electrons. The van der Waals surface area contributed by atoms with Gasteiger partial charge >= 0.3 is 0 Å². The number of amides is 1. The summed E-state index contributed by atoms with van der Waals surface area (Å²) in [6, 6.07) is 7.38. The number of anilines is 1. The number of nitrogens with zero attached hydrogens (tertiary/aromatic N) is 4. The van der Waals surface area contributed by atoms with Gasteiger partial charge in [-0.05, 0) is 18.6 Å². The Bertz CT molecular complexity index is 863. The molecule has 1 atom stereocenters. The van der Waals surface area contributed by atoms with E-state index in [2.05, 4.69) is 9.97 Å². The molecule has 8 heteroatoms. The maximum Gasteiger partial charge on any atom is 0.242 e. The van der Waals surface area contributed by atoms with E-state index in [0.717, 1.165) is 10.9 Å². The molecule has 1 aromatic carbocycles. The number of rotatable bonds is 4. The largest absolute Gasteiger partial charge is 0.350 e. The first-order valence-electron chi connectivity index (χ1n) is 7.74.